The fourth-order valence-electron chi connectivity index (χ4n) is 2.19. The van der Waals surface area contributed by atoms with Crippen molar-refractivity contribution < 1.29 is 0 Å². The number of piperazine rings is 1. The van der Waals surface area contributed by atoms with Gasteiger partial charge in [0, 0.05) is 26.2 Å². The molecule has 0 atom stereocenters. The van der Waals surface area contributed by atoms with Gasteiger partial charge in [0.25, 0.3) is 0 Å². The Bertz CT molecular complexity index is 155. The summed E-state index contributed by atoms with van der Waals surface area (Å²) in [5, 5.41) is 3.40. The third-order valence-electron chi connectivity index (χ3n) is 3.37. The van der Waals surface area contributed by atoms with Crippen LogP contribution in [0.3, 0.4) is 0 Å². The summed E-state index contributed by atoms with van der Waals surface area (Å²) in [5.74, 6) is 0. The molecule has 3 heteroatoms. The first-order chi connectivity index (χ1) is 7.83. The quantitative estimate of drug-likeness (QED) is 0.633. The van der Waals surface area contributed by atoms with Crippen LogP contribution in [0.15, 0.2) is 0 Å². The standard InChI is InChI=1S/C13H29N3/c1-3-4-9-15(2)10-5-6-11-16-12-7-14-8-13-16/h14H,3-13H2,1-2H3. The van der Waals surface area contributed by atoms with E-state index in [1.807, 2.05) is 0 Å². The minimum absolute atomic E-state index is 1.18. The molecule has 0 aromatic carbocycles. The maximum atomic E-state index is 3.40. The van der Waals surface area contributed by atoms with Crippen LogP contribution in [0.5, 0.6) is 0 Å². The molecule has 0 aromatic heterocycles. The zero-order valence-electron chi connectivity index (χ0n) is 11.2. The summed E-state index contributed by atoms with van der Waals surface area (Å²) >= 11 is 0. The molecule has 0 aromatic rings. The van der Waals surface area contributed by atoms with Gasteiger partial charge in [-0.05, 0) is 45.9 Å². The van der Waals surface area contributed by atoms with Crippen LogP contribution in [-0.2, 0) is 0 Å². The highest BCUT2D eigenvalue weighted by molar-refractivity contribution is 4.67. The van der Waals surface area contributed by atoms with Gasteiger partial charge in [-0.2, -0.15) is 0 Å². The second kappa shape index (κ2) is 8.97. The predicted molar refractivity (Wildman–Crippen MR) is 70.9 cm³/mol. The van der Waals surface area contributed by atoms with Crippen LogP contribution in [0.2, 0.25) is 0 Å². The third-order valence-corrected chi connectivity index (χ3v) is 3.37. The highest BCUT2D eigenvalue weighted by atomic mass is 15.2. The van der Waals surface area contributed by atoms with Gasteiger partial charge in [0.15, 0.2) is 0 Å². The van der Waals surface area contributed by atoms with Gasteiger partial charge in [-0.3, -0.25) is 0 Å². The molecule has 1 N–H and O–H groups in total. The molecule has 1 rings (SSSR count). The van der Waals surface area contributed by atoms with Crippen LogP contribution in [0.25, 0.3) is 0 Å². The van der Waals surface area contributed by atoms with E-state index in [4.69, 9.17) is 0 Å². The number of hydrogen-bond acceptors (Lipinski definition) is 3. The zero-order valence-corrected chi connectivity index (χ0v) is 11.2. The summed E-state index contributed by atoms with van der Waals surface area (Å²) in [6.07, 6.45) is 5.36. The predicted octanol–water partition coefficient (Wildman–Crippen LogP) is 1.40. The lowest BCUT2D eigenvalue weighted by Crippen LogP contribution is -2.43. The van der Waals surface area contributed by atoms with E-state index in [0.29, 0.717) is 0 Å². The van der Waals surface area contributed by atoms with E-state index >= 15 is 0 Å². The van der Waals surface area contributed by atoms with E-state index in [1.165, 1.54) is 71.5 Å². The Balaban J connectivity index is 1.90. The number of rotatable bonds is 8. The Morgan fingerprint density at radius 3 is 2.44 bits per heavy atom. The summed E-state index contributed by atoms with van der Waals surface area (Å²) in [4.78, 5) is 5.06. The summed E-state index contributed by atoms with van der Waals surface area (Å²) in [7, 11) is 2.25. The smallest absolute Gasteiger partial charge is 0.0107 e. The third kappa shape index (κ3) is 6.46. The van der Waals surface area contributed by atoms with Gasteiger partial charge < -0.3 is 15.1 Å². The fraction of sp³-hybridized carbons (Fsp3) is 1.00. The number of hydrogen-bond donors (Lipinski definition) is 1. The van der Waals surface area contributed by atoms with Crippen LogP contribution >= 0.6 is 0 Å². The van der Waals surface area contributed by atoms with Crippen molar-refractivity contribution >= 4 is 0 Å². The lowest BCUT2D eigenvalue weighted by molar-refractivity contribution is 0.229. The molecule has 1 aliphatic heterocycles. The summed E-state index contributed by atoms with van der Waals surface area (Å²) in [6, 6.07) is 0. The molecule has 0 aliphatic carbocycles. The van der Waals surface area contributed by atoms with E-state index in [0.717, 1.165) is 0 Å². The summed E-state index contributed by atoms with van der Waals surface area (Å²) in [6.45, 7) is 10.9. The lowest BCUT2D eigenvalue weighted by Gasteiger charge is -2.27. The molecule has 1 saturated heterocycles. The summed E-state index contributed by atoms with van der Waals surface area (Å²) in [5.41, 5.74) is 0. The molecule has 3 nitrogen and oxygen atoms in total. The number of nitrogens with one attached hydrogen (secondary N) is 1. The van der Waals surface area contributed by atoms with Crippen LogP contribution in [0.1, 0.15) is 32.6 Å². The van der Waals surface area contributed by atoms with Crippen LogP contribution in [-0.4, -0.2) is 62.7 Å². The first-order valence-corrected chi connectivity index (χ1v) is 6.94. The van der Waals surface area contributed by atoms with E-state index < -0.39 is 0 Å². The van der Waals surface area contributed by atoms with Gasteiger partial charge in [-0.25, -0.2) is 0 Å². The first-order valence-electron chi connectivity index (χ1n) is 6.94. The SMILES string of the molecule is CCCCN(C)CCCCN1CCNCC1. The molecule has 1 heterocycles. The normalized spacial score (nSPS) is 18.2. The van der Waals surface area contributed by atoms with Gasteiger partial charge >= 0.3 is 0 Å². The van der Waals surface area contributed by atoms with Gasteiger partial charge in [0.1, 0.15) is 0 Å². The highest BCUT2D eigenvalue weighted by Gasteiger charge is 2.08. The fourth-order valence-corrected chi connectivity index (χ4v) is 2.19. The van der Waals surface area contributed by atoms with E-state index in [9.17, 15) is 0 Å². The van der Waals surface area contributed by atoms with E-state index in [-0.39, 0.29) is 0 Å². The Morgan fingerprint density at radius 1 is 1.06 bits per heavy atom. The van der Waals surface area contributed by atoms with Crippen molar-refractivity contribution in [3.8, 4) is 0 Å². The minimum Gasteiger partial charge on any atom is -0.314 e. The first kappa shape index (κ1) is 13.9. The van der Waals surface area contributed by atoms with Gasteiger partial charge in [0.05, 0.1) is 0 Å². The van der Waals surface area contributed by atoms with Crippen molar-refractivity contribution in [3.05, 3.63) is 0 Å². The second-order valence-electron chi connectivity index (χ2n) is 4.96. The largest absolute Gasteiger partial charge is 0.314 e. The molecule has 1 aliphatic rings. The van der Waals surface area contributed by atoms with Crippen LogP contribution < -0.4 is 5.32 Å². The van der Waals surface area contributed by atoms with Gasteiger partial charge in [-0.15, -0.1) is 0 Å². The molecule has 0 amide bonds. The Morgan fingerprint density at radius 2 is 1.75 bits per heavy atom. The molecular formula is C13H29N3. The monoisotopic (exact) mass is 227 g/mol. The van der Waals surface area contributed by atoms with Crippen LogP contribution in [0.4, 0.5) is 0 Å². The molecule has 0 spiro atoms. The highest BCUT2D eigenvalue weighted by Crippen LogP contribution is 2.00. The molecule has 0 bridgehead atoms. The van der Waals surface area contributed by atoms with Gasteiger partial charge in [0.2, 0.25) is 0 Å². The Kier molecular flexibility index (Phi) is 7.81. The molecule has 0 radical (unpaired) electrons. The molecule has 96 valence electrons. The zero-order chi connectivity index (χ0) is 11.6. The number of unbranched alkanes of at least 4 members (excludes halogenated alkanes) is 2. The van der Waals surface area contributed by atoms with Crippen molar-refractivity contribution in [1.29, 1.82) is 0 Å². The minimum atomic E-state index is 1.18. The van der Waals surface area contributed by atoms with Crippen LogP contribution in [0, 0.1) is 0 Å². The average Bonchev–Trinajstić information content (AvgIpc) is 2.33. The average molecular weight is 227 g/mol. The Labute approximate surface area is 101 Å². The number of nitrogens with zero attached hydrogens (tertiary/aromatic N) is 2. The van der Waals surface area contributed by atoms with E-state index in [2.05, 4.69) is 29.1 Å². The second-order valence-corrected chi connectivity index (χ2v) is 4.96. The van der Waals surface area contributed by atoms with Crippen molar-refractivity contribution in [3.63, 3.8) is 0 Å². The van der Waals surface area contributed by atoms with E-state index in [1.54, 1.807) is 0 Å². The maximum absolute atomic E-state index is 3.40. The molecule has 0 saturated carbocycles. The lowest BCUT2D eigenvalue weighted by atomic mass is 10.2. The van der Waals surface area contributed by atoms with Crippen molar-refractivity contribution in [2.75, 3.05) is 52.9 Å². The summed E-state index contributed by atoms with van der Waals surface area (Å²) < 4.78 is 0. The molecule has 16 heavy (non-hydrogen) atoms. The Hall–Kier alpha value is -0.120. The van der Waals surface area contributed by atoms with Crippen molar-refractivity contribution in [2.45, 2.75) is 32.6 Å². The topological polar surface area (TPSA) is 18.5 Å². The van der Waals surface area contributed by atoms with Crippen molar-refractivity contribution in [2.24, 2.45) is 0 Å². The molecule has 1 fully saturated rings. The van der Waals surface area contributed by atoms with Crippen molar-refractivity contribution in [1.82, 2.24) is 15.1 Å². The molecular weight excluding hydrogens is 198 g/mol. The molecule has 0 unspecified atom stereocenters. The maximum Gasteiger partial charge on any atom is 0.0107 e. The van der Waals surface area contributed by atoms with Gasteiger partial charge in [-0.1, -0.05) is 13.3 Å².